The van der Waals surface area contributed by atoms with E-state index in [0.29, 0.717) is 25.7 Å². The van der Waals surface area contributed by atoms with Crippen LogP contribution in [0.1, 0.15) is 162 Å². The van der Waals surface area contributed by atoms with E-state index in [-0.39, 0.29) is 19.4 Å². The van der Waals surface area contributed by atoms with Crippen LogP contribution in [0.25, 0.3) is 0 Å². The highest BCUT2D eigenvalue weighted by atomic mass is 31.2. The lowest BCUT2D eigenvalue weighted by molar-refractivity contribution is -0.161. The molecular formula is C47H81O11P. The second kappa shape index (κ2) is 40.8. The van der Waals surface area contributed by atoms with Gasteiger partial charge in [-0.2, -0.15) is 0 Å². The lowest BCUT2D eigenvalue weighted by Gasteiger charge is -2.20. The van der Waals surface area contributed by atoms with Crippen LogP contribution in [0.3, 0.4) is 0 Å². The molecule has 0 radical (unpaired) electrons. The van der Waals surface area contributed by atoms with Gasteiger partial charge in [-0.25, -0.2) is 4.57 Å². The van der Waals surface area contributed by atoms with Crippen molar-refractivity contribution in [3.05, 3.63) is 72.9 Å². The normalized spacial score (nSPS) is 15.1. The van der Waals surface area contributed by atoms with Crippen molar-refractivity contribution in [2.45, 2.75) is 180 Å². The molecule has 0 aromatic heterocycles. The number of unbranched alkanes of at least 4 members (excludes halogenated alkanes) is 12. The number of rotatable bonds is 40. The van der Waals surface area contributed by atoms with Crippen molar-refractivity contribution in [1.82, 2.24) is 0 Å². The van der Waals surface area contributed by atoms with Crippen LogP contribution in [0.5, 0.6) is 0 Å². The molecule has 0 aliphatic carbocycles. The number of esters is 2. The molecule has 0 saturated carbocycles. The molecule has 0 aromatic carbocycles. The minimum absolute atomic E-state index is 0.0909. The summed E-state index contributed by atoms with van der Waals surface area (Å²) in [6.07, 6.45) is 42.0. The van der Waals surface area contributed by atoms with Crippen LogP contribution in [-0.2, 0) is 32.7 Å². The molecular weight excluding hydrogens is 771 g/mol. The van der Waals surface area contributed by atoms with Crippen molar-refractivity contribution < 1.29 is 52.9 Å². The number of aliphatic hydroxyl groups excluding tert-OH is 3. The van der Waals surface area contributed by atoms with E-state index in [9.17, 15) is 29.3 Å². The Morgan fingerprint density at radius 2 is 1.17 bits per heavy atom. The quantitative estimate of drug-likeness (QED) is 0.0152. The molecule has 0 heterocycles. The Morgan fingerprint density at radius 3 is 1.78 bits per heavy atom. The number of carbonyl (C=O) groups excluding carboxylic acids is 2. The Morgan fingerprint density at radius 1 is 0.627 bits per heavy atom. The maximum Gasteiger partial charge on any atom is 0.472 e. The first-order chi connectivity index (χ1) is 28.5. The van der Waals surface area contributed by atoms with Crippen LogP contribution in [0.2, 0.25) is 0 Å². The zero-order valence-corrected chi connectivity index (χ0v) is 37.6. The average Bonchev–Trinajstić information content (AvgIpc) is 3.20. The number of hydrogen-bond acceptors (Lipinski definition) is 10. The molecule has 0 aliphatic rings. The summed E-state index contributed by atoms with van der Waals surface area (Å²) in [6, 6.07) is 0. The first-order valence-electron chi connectivity index (χ1n) is 22.4. The Kier molecular flexibility index (Phi) is 38.9. The van der Waals surface area contributed by atoms with E-state index in [2.05, 4.69) is 43.5 Å². The predicted octanol–water partition coefficient (Wildman–Crippen LogP) is 10.9. The Labute approximate surface area is 357 Å². The van der Waals surface area contributed by atoms with Crippen LogP contribution < -0.4 is 0 Å². The number of allylic oxidation sites excluding steroid dienone is 10. The lowest BCUT2D eigenvalue weighted by atomic mass is 10.0. The summed E-state index contributed by atoms with van der Waals surface area (Å²) in [6.45, 7) is 4.42. The molecule has 340 valence electrons. The van der Waals surface area contributed by atoms with Crippen molar-refractivity contribution in [3.63, 3.8) is 0 Å². The standard InChI is InChI=1S/C47H81O11P/c1-4-5-6-7-24-29-34-43(49)35-30-25-20-16-13-14-17-21-26-31-36-46(51)55-40-45(41-57-59(53,54)56-39-44(50)38-48)58-47(52)37-32-27-22-18-12-10-8-9-11-15-19-23-28-33-42(2)3/h5-6,13-14,20-21,24-26,29-30,35,42-45,48-50H,4,7-12,15-19,22-23,27-28,31-34,36-41H2,1-3H3,(H,53,54)/b6-5-,14-13-,25-20-,26-21-,29-24-,35-30+/t43?,44-,45+/m0/s1. The van der Waals surface area contributed by atoms with Crippen molar-refractivity contribution in [2.24, 2.45) is 5.92 Å². The van der Waals surface area contributed by atoms with E-state index in [4.69, 9.17) is 19.1 Å². The van der Waals surface area contributed by atoms with Gasteiger partial charge in [0, 0.05) is 12.8 Å². The second-order valence-corrected chi connectivity index (χ2v) is 16.8. The molecule has 0 aliphatic heterocycles. The van der Waals surface area contributed by atoms with Gasteiger partial charge in [0.05, 0.1) is 25.9 Å². The summed E-state index contributed by atoms with van der Waals surface area (Å²) >= 11 is 0. The van der Waals surface area contributed by atoms with Gasteiger partial charge in [0.25, 0.3) is 0 Å². The number of phosphoric acid groups is 1. The first kappa shape index (κ1) is 56.4. The molecule has 0 saturated heterocycles. The van der Waals surface area contributed by atoms with Crippen molar-refractivity contribution >= 4 is 19.8 Å². The van der Waals surface area contributed by atoms with Crippen LogP contribution in [-0.4, -0.2) is 76.9 Å². The highest BCUT2D eigenvalue weighted by Gasteiger charge is 2.27. The van der Waals surface area contributed by atoms with Gasteiger partial charge >= 0.3 is 19.8 Å². The molecule has 0 aromatic rings. The minimum Gasteiger partial charge on any atom is -0.462 e. The molecule has 0 fully saturated rings. The van der Waals surface area contributed by atoms with Crippen molar-refractivity contribution in [1.29, 1.82) is 0 Å². The second-order valence-electron chi connectivity index (χ2n) is 15.4. The summed E-state index contributed by atoms with van der Waals surface area (Å²) in [7, 11) is -4.65. The molecule has 0 rings (SSSR count). The van der Waals surface area contributed by atoms with Crippen LogP contribution in [0, 0.1) is 5.92 Å². The van der Waals surface area contributed by atoms with Gasteiger partial charge in [0.15, 0.2) is 6.10 Å². The number of ether oxygens (including phenoxy) is 2. The highest BCUT2D eigenvalue weighted by Crippen LogP contribution is 2.43. The van der Waals surface area contributed by atoms with E-state index in [0.717, 1.165) is 44.4 Å². The molecule has 11 nitrogen and oxygen atoms in total. The summed E-state index contributed by atoms with van der Waals surface area (Å²) in [4.78, 5) is 35.0. The fraction of sp³-hybridized carbons (Fsp3) is 0.702. The Bertz CT molecular complexity index is 1240. The zero-order valence-electron chi connectivity index (χ0n) is 36.7. The summed E-state index contributed by atoms with van der Waals surface area (Å²) < 4.78 is 32.6. The average molecular weight is 853 g/mol. The van der Waals surface area contributed by atoms with Crippen molar-refractivity contribution in [3.8, 4) is 0 Å². The number of aliphatic hydroxyl groups is 3. The molecule has 4 atom stereocenters. The van der Waals surface area contributed by atoms with Gasteiger partial charge in [-0.1, -0.05) is 177 Å². The van der Waals surface area contributed by atoms with E-state index < -0.39 is 57.9 Å². The highest BCUT2D eigenvalue weighted by molar-refractivity contribution is 7.47. The van der Waals surface area contributed by atoms with Gasteiger partial charge in [-0.3, -0.25) is 18.6 Å². The SMILES string of the molecule is CC/C=C\C/C=C\CC(O)/C=C/C=C\C/C=C\C/C=C\CCC(=O)OC[C@H](COP(=O)(O)OC[C@@H](O)CO)OC(=O)CCCCCCCCCCCCCCCC(C)C. The Hall–Kier alpha value is -2.63. The van der Waals surface area contributed by atoms with Gasteiger partial charge in [0.1, 0.15) is 12.7 Å². The third-order valence-electron chi connectivity index (χ3n) is 9.15. The molecule has 0 amide bonds. The molecule has 2 unspecified atom stereocenters. The van der Waals surface area contributed by atoms with Crippen LogP contribution in [0.15, 0.2) is 72.9 Å². The molecule has 4 N–H and O–H groups in total. The van der Waals surface area contributed by atoms with E-state index in [1.165, 1.54) is 64.2 Å². The van der Waals surface area contributed by atoms with Gasteiger partial charge < -0.3 is 29.7 Å². The third-order valence-corrected chi connectivity index (χ3v) is 10.1. The maximum atomic E-state index is 12.6. The minimum atomic E-state index is -4.65. The fourth-order valence-electron chi connectivity index (χ4n) is 5.70. The monoisotopic (exact) mass is 853 g/mol. The van der Waals surface area contributed by atoms with E-state index >= 15 is 0 Å². The first-order valence-corrected chi connectivity index (χ1v) is 23.9. The molecule has 0 bridgehead atoms. The zero-order chi connectivity index (χ0) is 43.7. The maximum absolute atomic E-state index is 12.6. The summed E-state index contributed by atoms with van der Waals surface area (Å²) in [5.41, 5.74) is 0. The molecule has 12 heteroatoms. The number of hydrogen-bond donors (Lipinski definition) is 4. The van der Waals surface area contributed by atoms with Gasteiger partial charge in [-0.15, -0.1) is 0 Å². The van der Waals surface area contributed by atoms with E-state index in [1.54, 1.807) is 6.08 Å². The topological polar surface area (TPSA) is 169 Å². The third kappa shape index (κ3) is 41.9. The number of carbonyl (C=O) groups is 2. The van der Waals surface area contributed by atoms with Crippen LogP contribution >= 0.6 is 7.82 Å². The van der Waals surface area contributed by atoms with Crippen molar-refractivity contribution in [2.75, 3.05) is 26.4 Å². The van der Waals surface area contributed by atoms with E-state index in [1.807, 2.05) is 48.6 Å². The largest absolute Gasteiger partial charge is 0.472 e. The fourth-order valence-corrected chi connectivity index (χ4v) is 6.49. The van der Waals surface area contributed by atoms with Gasteiger partial charge in [-0.05, 0) is 50.9 Å². The summed E-state index contributed by atoms with van der Waals surface area (Å²) in [5.74, 6) is -0.249. The molecule has 0 spiro atoms. The summed E-state index contributed by atoms with van der Waals surface area (Å²) in [5, 5.41) is 28.3. The van der Waals surface area contributed by atoms with Gasteiger partial charge in [0.2, 0.25) is 0 Å². The van der Waals surface area contributed by atoms with Crippen LogP contribution in [0.4, 0.5) is 0 Å². The Balaban J connectivity index is 4.46. The smallest absolute Gasteiger partial charge is 0.462 e. The molecule has 59 heavy (non-hydrogen) atoms. The lowest BCUT2D eigenvalue weighted by Crippen LogP contribution is -2.29. The predicted molar refractivity (Wildman–Crippen MR) is 239 cm³/mol. The number of phosphoric ester groups is 1.